The third kappa shape index (κ3) is 1.91. The highest BCUT2D eigenvalue weighted by molar-refractivity contribution is 9.10. The molecule has 0 radical (unpaired) electrons. The van der Waals surface area contributed by atoms with Gasteiger partial charge >= 0.3 is 0 Å². The molecule has 0 amide bonds. The van der Waals surface area contributed by atoms with Crippen molar-refractivity contribution in [3.8, 4) is 0 Å². The first-order chi connectivity index (χ1) is 8.20. The molecule has 0 bridgehead atoms. The van der Waals surface area contributed by atoms with E-state index >= 15 is 0 Å². The van der Waals surface area contributed by atoms with Crippen LogP contribution >= 0.6 is 15.9 Å². The van der Waals surface area contributed by atoms with E-state index < -0.39 is 0 Å². The Kier molecular flexibility index (Phi) is 2.75. The number of aryl methyl sites for hydroxylation is 1. The number of hydrogen-bond donors (Lipinski definition) is 1. The predicted molar refractivity (Wildman–Crippen MR) is 73.4 cm³/mol. The second-order valence-electron chi connectivity index (χ2n) is 4.87. The van der Waals surface area contributed by atoms with Gasteiger partial charge in [0.05, 0.1) is 11.0 Å². The lowest BCUT2D eigenvalue weighted by atomic mass is 10.0. The van der Waals surface area contributed by atoms with Gasteiger partial charge in [-0.1, -0.05) is 0 Å². The lowest BCUT2D eigenvalue weighted by Crippen LogP contribution is -2.05. The number of benzene rings is 1. The first-order valence-corrected chi connectivity index (χ1v) is 6.86. The number of halogens is 1. The summed E-state index contributed by atoms with van der Waals surface area (Å²) in [5, 5.41) is 4.49. The van der Waals surface area contributed by atoms with Gasteiger partial charge in [0, 0.05) is 10.9 Å². The third-order valence-corrected chi connectivity index (χ3v) is 3.92. The highest BCUT2D eigenvalue weighted by atomic mass is 79.9. The van der Waals surface area contributed by atoms with E-state index in [1.807, 2.05) is 7.05 Å². The minimum atomic E-state index is 0.716. The summed E-state index contributed by atoms with van der Waals surface area (Å²) >= 11 is 3.60. The van der Waals surface area contributed by atoms with Crippen molar-refractivity contribution in [2.24, 2.45) is 0 Å². The molecule has 1 aromatic heterocycles. The second-order valence-corrected chi connectivity index (χ2v) is 5.72. The molecule has 0 saturated heterocycles. The Labute approximate surface area is 110 Å². The lowest BCUT2D eigenvalue weighted by molar-refractivity contribution is 0.523. The standard InChI is InChI=1S/C14H16BrNO/c1-8-5-10-13(9-3-4-9)12(7-16-2)17-14(10)11(15)6-8/h5-6,9,16H,3-4,7H2,1-2H3. The largest absolute Gasteiger partial charge is 0.458 e. The fourth-order valence-electron chi connectivity index (χ4n) is 2.47. The summed E-state index contributed by atoms with van der Waals surface area (Å²) in [6.45, 7) is 2.94. The molecule has 1 fully saturated rings. The van der Waals surface area contributed by atoms with Gasteiger partial charge in [-0.05, 0) is 66.4 Å². The van der Waals surface area contributed by atoms with Crippen molar-refractivity contribution in [1.29, 1.82) is 0 Å². The SMILES string of the molecule is CNCc1oc2c(Br)cc(C)cc2c1C1CC1. The Bertz CT molecular complexity index is 569. The Hall–Kier alpha value is -0.800. The van der Waals surface area contributed by atoms with Crippen LogP contribution in [0.25, 0.3) is 11.0 Å². The van der Waals surface area contributed by atoms with Crippen LogP contribution in [0.5, 0.6) is 0 Å². The second kappa shape index (κ2) is 4.14. The van der Waals surface area contributed by atoms with Gasteiger partial charge in [-0.3, -0.25) is 0 Å². The molecule has 1 aromatic carbocycles. The monoisotopic (exact) mass is 293 g/mol. The summed E-state index contributed by atoms with van der Waals surface area (Å²) < 4.78 is 7.08. The van der Waals surface area contributed by atoms with E-state index in [2.05, 4.69) is 40.3 Å². The first-order valence-electron chi connectivity index (χ1n) is 6.06. The zero-order chi connectivity index (χ0) is 12.0. The first kappa shape index (κ1) is 11.3. The van der Waals surface area contributed by atoms with Crippen LogP contribution in [0.3, 0.4) is 0 Å². The summed E-state index contributed by atoms with van der Waals surface area (Å²) in [5.41, 5.74) is 3.71. The zero-order valence-electron chi connectivity index (χ0n) is 10.1. The Morgan fingerprint density at radius 2 is 2.18 bits per heavy atom. The van der Waals surface area contributed by atoms with E-state index in [1.54, 1.807) is 0 Å². The van der Waals surface area contributed by atoms with Crippen LogP contribution in [-0.4, -0.2) is 7.05 Å². The normalized spacial score (nSPS) is 15.7. The van der Waals surface area contributed by atoms with E-state index in [-0.39, 0.29) is 0 Å². The van der Waals surface area contributed by atoms with Crippen molar-refractivity contribution in [3.63, 3.8) is 0 Å². The average Bonchev–Trinajstić information content (AvgIpc) is 3.03. The maximum Gasteiger partial charge on any atom is 0.148 e. The Morgan fingerprint density at radius 3 is 2.82 bits per heavy atom. The van der Waals surface area contributed by atoms with Crippen molar-refractivity contribution >= 4 is 26.9 Å². The van der Waals surface area contributed by atoms with Crippen molar-refractivity contribution in [3.05, 3.63) is 33.5 Å². The van der Waals surface area contributed by atoms with E-state index in [0.717, 1.165) is 22.4 Å². The van der Waals surface area contributed by atoms with E-state index in [0.29, 0.717) is 5.92 Å². The van der Waals surface area contributed by atoms with E-state index in [9.17, 15) is 0 Å². The van der Waals surface area contributed by atoms with Crippen LogP contribution in [0.15, 0.2) is 21.0 Å². The van der Waals surface area contributed by atoms with E-state index in [4.69, 9.17) is 4.42 Å². The Balaban J connectivity index is 2.26. The van der Waals surface area contributed by atoms with E-state index in [1.165, 1.54) is 29.4 Å². The molecule has 1 aliphatic carbocycles. The fourth-order valence-corrected chi connectivity index (χ4v) is 3.13. The quantitative estimate of drug-likeness (QED) is 0.922. The molecular weight excluding hydrogens is 278 g/mol. The molecule has 0 aliphatic heterocycles. The number of rotatable bonds is 3. The molecule has 2 nitrogen and oxygen atoms in total. The summed E-state index contributed by atoms with van der Waals surface area (Å²) in [5.74, 6) is 1.82. The number of furan rings is 1. The minimum Gasteiger partial charge on any atom is -0.458 e. The van der Waals surface area contributed by atoms with Crippen LogP contribution in [0.1, 0.15) is 35.6 Å². The molecule has 3 rings (SSSR count). The van der Waals surface area contributed by atoms with Crippen molar-refractivity contribution < 1.29 is 4.42 Å². The molecule has 1 aliphatic rings. The van der Waals surface area contributed by atoms with Crippen molar-refractivity contribution in [1.82, 2.24) is 5.32 Å². The molecule has 0 unspecified atom stereocenters. The van der Waals surface area contributed by atoms with Gasteiger partial charge in [0.2, 0.25) is 0 Å². The van der Waals surface area contributed by atoms with Gasteiger partial charge in [-0.2, -0.15) is 0 Å². The molecule has 90 valence electrons. The van der Waals surface area contributed by atoms with Crippen LogP contribution < -0.4 is 5.32 Å². The van der Waals surface area contributed by atoms with Gasteiger partial charge in [-0.15, -0.1) is 0 Å². The summed E-state index contributed by atoms with van der Waals surface area (Å²) in [6, 6.07) is 4.36. The predicted octanol–water partition coefficient (Wildman–Crippen LogP) is 4.10. The summed E-state index contributed by atoms with van der Waals surface area (Å²) in [4.78, 5) is 0. The Morgan fingerprint density at radius 1 is 1.41 bits per heavy atom. The maximum absolute atomic E-state index is 6.02. The van der Waals surface area contributed by atoms with Gasteiger partial charge in [0.25, 0.3) is 0 Å². The molecule has 0 spiro atoms. The molecule has 1 heterocycles. The van der Waals surface area contributed by atoms with Crippen LogP contribution in [0.2, 0.25) is 0 Å². The molecule has 3 heteroatoms. The van der Waals surface area contributed by atoms with Gasteiger partial charge in [0.15, 0.2) is 0 Å². The summed E-state index contributed by atoms with van der Waals surface area (Å²) in [7, 11) is 1.96. The average molecular weight is 294 g/mol. The van der Waals surface area contributed by atoms with Crippen LogP contribution in [0, 0.1) is 6.92 Å². The minimum absolute atomic E-state index is 0.716. The number of nitrogens with one attached hydrogen (secondary N) is 1. The molecule has 2 aromatic rings. The van der Waals surface area contributed by atoms with Gasteiger partial charge in [0.1, 0.15) is 11.3 Å². The highest BCUT2D eigenvalue weighted by Gasteiger charge is 2.31. The summed E-state index contributed by atoms with van der Waals surface area (Å²) in [6.07, 6.45) is 2.60. The topological polar surface area (TPSA) is 25.2 Å². The molecule has 1 N–H and O–H groups in total. The van der Waals surface area contributed by atoms with Crippen LogP contribution in [-0.2, 0) is 6.54 Å². The number of fused-ring (bicyclic) bond motifs is 1. The third-order valence-electron chi connectivity index (χ3n) is 3.33. The maximum atomic E-state index is 6.02. The molecule has 0 atom stereocenters. The van der Waals surface area contributed by atoms with Gasteiger partial charge in [-0.25, -0.2) is 0 Å². The van der Waals surface area contributed by atoms with Crippen molar-refractivity contribution in [2.75, 3.05) is 7.05 Å². The number of hydrogen-bond acceptors (Lipinski definition) is 2. The molecule has 1 saturated carbocycles. The highest BCUT2D eigenvalue weighted by Crippen LogP contribution is 2.47. The molecule has 17 heavy (non-hydrogen) atoms. The fraction of sp³-hybridized carbons (Fsp3) is 0.429. The zero-order valence-corrected chi connectivity index (χ0v) is 11.7. The smallest absolute Gasteiger partial charge is 0.148 e. The van der Waals surface area contributed by atoms with Gasteiger partial charge < -0.3 is 9.73 Å². The van der Waals surface area contributed by atoms with Crippen LogP contribution in [0.4, 0.5) is 0 Å². The van der Waals surface area contributed by atoms with Crippen molar-refractivity contribution in [2.45, 2.75) is 32.2 Å². The molecular formula is C14H16BrNO. The lowest BCUT2D eigenvalue weighted by Gasteiger charge is -2.00.